The Bertz CT molecular complexity index is 1110. The van der Waals surface area contributed by atoms with Crippen LogP contribution in [0.1, 0.15) is 54.8 Å². The summed E-state index contributed by atoms with van der Waals surface area (Å²) < 4.78 is 0. The van der Waals surface area contributed by atoms with Crippen molar-refractivity contribution in [2.45, 2.75) is 38.1 Å². The van der Waals surface area contributed by atoms with E-state index >= 15 is 0 Å². The van der Waals surface area contributed by atoms with Gasteiger partial charge in [-0.15, -0.1) is 0 Å². The highest BCUT2D eigenvalue weighted by molar-refractivity contribution is 6.03. The molecule has 3 nitrogen and oxygen atoms in total. The minimum Gasteiger partial charge on any atom is -0.295 e. The molecule has 0 aromatic heterocycles. The van der Waals surface area contributed by atoms with Crippen molar-refractivity contribution in [2.24, 2.45) is 5.10 Å². The van der Waals surface area contributed by atoms with E-state index in [1.54, 1.807) is 0 Å². The highest BCUT2D eigenvalue weighted by Crippen LogP contribution is 2.37. The molecule has 0 bridgehead atoms. The number of carbonyl (C=O) groups is 1. The second-order valence-corrected chi connectivity index (χ2v) is 8.28. The Morgan fingerprint density at radius 3 is 2.19 bits per heavy atom. The van der Waals surface area contributed by atoms with E-state index in [1.807, 2.05) is 6.07 Å². The summed E-state index contributed by atoms with van der Waals surface area (Å²) in [6.07, 6.45) is 6.64. The van der Waals surface area contributed by atoms with Crippen molar-refractivity contribution in [2.75, 3.05) is 5.01 Å². The maximum absolute atomic E-state index is 12.2. The highest BCUT2D eigenvalue weighted by Gasteiger charge is 2.29. The molecule has 1 unspecified atom stereocenters. The summed E-state index contributed by atoms with van der Waals surface area (Å²) in [7, 11) is 0. The van der Waals surface area contributed by atoms with Crippen molar-refractivity contribution in [3.8, 4) is 0 Å². The van der Waals surface area contributed by atoms with Crippen molar-refractivity contribution in [3.63, 3.8) is 0 Å². The molecule has 1 fully saturated rings. The minimum absolute atomic E-state index is 0.167. The summed E-state index contributed by atoms with van der Waals surface area (Å²) in [6.45, 7) is 0. The Labute approximate surface area is 183 Å². The zero-order chi connectivity index (χ0) is 21.0. The lowest BCUT2D eigenvalue weighted by Gasteiger charge is -2.24. The number of benzene rings is 3. The molecule has 0 spiro atoms. The molecule has 1 aliphatic heterocycles. The van der Waals surface area contributed by atoms with Gasteiger partial charge in [0.05, 0.1) is 17.4 Å². The largest absolute Gasteiger partial charge is 0.295 e. The van der Waals surface area contributed by atoms with Crippen LogP contribution in [0, 0.1) is 0 Å². The molecule has 31 heavy (non-hydrogen) atoms. The molecule has 1 atom stereocenters. The first-order valence-electron chi connectivity index (χ1n) is 11.1. The van der Waals surface area contributed by atoms with E-state index in [0.29, 0.717) is 12.2 Å². The van der Waals surface area contributed by atoms with Crippen molar-refractivity contribution < 1.29 is 4.79 Å². The molecule has 0 radical (unpaired) electrons. The number of rotatable bonds is 4. The summed E-state index contributed by atoms with van der Waals surface area (Å²) in [4.78, 5) is 12.2. The maximum atomic E-state index is 12.2. The van der Waals surface area contributed by atoms with Gasteiger partial charge >= 0.3 is 0 Å². The quantitative estimate of drug-likeness (QED) is 0.459. The van der Waals surface area contributed by atoms with Crippen LogP contribution in [-0.4, -0.2) is 11.5 Å². The highest BCUT2D eigenvalue weighted by atomic mass is 16.1. The van der Waals surface area contributed by atoms with E-state index in [0.717, 1.165) is 48.2 Å². The Balaban J connectivity index is 1.46. The molecule has 1 aliphatic carbocycles. The standard InChI is InChI=1S/C28H26N2O/c31-28-14-8-7-13-24(28)19-21-15-17-25(18-16-21)30-27(23-11-5-2-6-12-23)20-26(29-30)22-9-3-1-4-10-22/h1-6,9-12,15-19,27H,7-8,13-14,20H2/b24-19+. The van der Waals surface area contributed by atoms with Crippen LogP contribution >= 0.6 is 0 Å². The Morgan fingerprint density at radius 2 is 1.48 bits per heavy atom. The monoisotopic (exact) mass is 406 g/mol. The summed E-state index contributed by atoms with van der Waals surface area (Å²) >= 11 is 0. The number of ketones is 1. The van der Waals surface area contributed by atoms with Gasteiger partial charge in [0.25, 0.3) is 0 Å². The predicted molar refractivity (Wildman–Crippen MR) is 127 cm³/mol. The van der Waals surface area contributed by atoms with E-state index in [-0.39, 0.29) is 6.04 Å². The van der Waals surface area contributed by atoms with E-state index < -0.39 is 0 Å². The van der Waals surface area contributed by atoms with Crippen LogP contribution in [0.5, 0.6) is 0 Å². The van der Waals surface area contributed by atoms with E-state index in [4.69, 9.17) is 5.10 Å². The maximum Gasteiger partial charge on any atom is 0.158 e. The fourth-order valence-electron chi connectivity index (χ4n) is 4.47. The second kappa shape index (κ2) is 8.73. The van der Waals surface area contributed by atoms with Crippen LogP contribution in [0.4, 0.5) is 5.69 Å². The van der Waals surface area contributed by atoms with Crippen molar-refractivity contribution in [1.29, 1.82) is 0 Å². The number of anilines is 1. The van der Waals surface area contributed by atoms with Gasteiger partial charge in [-0.05, 0) is 59.7 Å². The number of Topliss-reactive ketones (excluding diaryl/α,β-unsaturated/α-hetero) is 1. The van der Waals surface area contributed by atoms with Crippen LogP contribution < -0.4 is 5.01 Å². The van der Waals surface area contributed by atoms with Gasteiger partial charge in [-0.3, -0.25) is 9.80 Å². The molecule has 1 saturated carbocycles. The first-order chi connectivity index (χ1) is 15.3. The Hall–Kier alpha value is -3.46. The first kappa shape index (κ1) is 19.5. The van der Waals surface area contributed by atoms with Gasteiger partial charge in [-0.2, -0.15) is 5.10 Å². The van der Waals surface area contributed by atoms with Crippen LogP contribution in [0.15, 0.2) is 95.6 Å². The van der Waals surface area contributed by atoms with Gasteiger partial charge in [0.2, 0.25) is 0 Å². The number of allylic oxidation sites excluding steroid dienone is 1. The molecule has 1 heterocycles. The summed E-state index contributed by atoms with van der Waals surface area (Å²) in [6, 6.07) is 29.6. The van der Waals surface area contributed by atoms with Gasteiger partial charge in [-0.25, -0.2) is 0 Å². The molecule has 3 aromatic rings. The van der Waals surface area contributed by atoms with Gasteiger partial charge in [0.1, 0.15) is 0 Å². The van der Waals surface area contributed by atoms with E-state index in [2.05, 4.69) is 89.9 Å². The van der Waals surface area contributed by atoms with Crippen molar-refractivity contribution >= 4 is 23.3 Å². The molecule has 5 rings (SSSR count). The van der Waals surface area contributed by atoms with Crippen molar-refractivity contribution in [3.05, 3.63) is 107 Å². The molecule has 0 N–H and O–H groups in total. The lowest BCUT2D eigenvalue weighted by molar-refractivity contribution is -0.116. The van der Waals surface area contributed by atoms with Crippen LogP contribution in [0.2, 0.25) is 0 Å². The zero-order valence-electron chi connectivity index (χ0n) is 17.6. The Kier molecular flexibility index (Phi) is 5.49. The average Bonchev–Trinajstić information content (AvgIpc) is 3.28. The zero-order valence-corrected chi connectivity index (χ0v) is 17.6. The lowest BCUT2D eigenvalue weighted by atomic mass is 9.92. The van der Waals surface area contributed by atoms with E-state index in [1.165, 1.54) is 11.1 Å². The normalized spacial score (nSPS) is 20.2. The van der Waals surface area contributed by atoms with Gasteiger partial charge in [0, 0.05) is 12.8 Å². The fraction of sp³-hybridized carbons (Fsp3) is 0.214. The lowest BCUT2D eigenvalue weighted by Crippen LogP contribution is -2.18. The summed E-state index contributed by atoms with van der Waals surface area (Å²) in [5, 5.41) is 7.16. The molecule has 2 aliphatic rings. The van der Waals surface area contributed by atoms with Gasteiger partial charge < -0.3 is 0 Å². The molecule has 0 saturated heterocycles. The van der Waals surface area contributed by atoms with Crippen LogP contribution in [-0.2, 0) is 4.79 Å². The minimum atomic E-state index is 0.167. The van der Waals surface area contributed by atoms with Crippen LogP contribution in [0.3, 0.4) is 0 Å². The number of hydrogen-bond donors (Lipinski definition) is 0. The SMILES string of the molecule is O=C1CCCC/C1=C\c1ccc(N2N=C(c3ccccc3)CC2c2ccccc2)cc1. The third kappa shape index (κ3) is 4.22. The smallest absolute Gasteiger partial charge is 0.158 e. The molecule has 3 heteroatoms. The topological polar surface area (TPSA) is 32.7 Å². The van der Waals surface area contributed by atoms with Gasteiger partial charge in [0.15, 0.2) is 5.78 Å². The summed E-state index contributed by atoms with van der Waals surface area (Å²) in [5.74, 6) is 0.302. The number of hydrazone groups is 1. The van der Waals surface area contributed by atoms with E-state index in [9.17, 15) is 4.79 Å². The Morgan fingerprint density at radius 1 is 0.806 bits per heavy atom. The third-order valence-corrected chi connectivity index (χ3v) is 6.16. The average molecular weight is 407 g/mol. The number of nitrogens with zero attached hydrogens (tertiary/aromatic N) is 2. The molecule has 3 aromatic carbocycles. The predicted octanol–water partition coefficient (Wildman–Crippen LogP) is 6.57. The summed E-state index contributed by atoms with van der Waals surface area (Å²) in [5.41, 5.74) is 6.65. The van der Waals surface area contributed by atoms with Gasteiger partial charge in [-0.1, -0.05) is 72.8 Å². The molecular formula is C28H26N2O. The number of hydrogen-bond acceptors (Lipinski definition) is 3. The molecule has 154 valence electrons. The molecular weight excluding hydrogens is 380 g/mol. The van der Waals surface area contributed by atoms with Crippen LogP contribution in [0.25, 0.3) is 6.08 Å². The molecule has 0 amide bonds. The second-order valence-electron chi connectivity index (χ2n) is 8.28. The third-order valence-electron chi connectivity index (χ3n) is 6.16. The van der Waals surface area contributed by atoms with Crippen molar-refractivity contribution in [1.82, 2.24) is 0 Å². The fourth-order valence-corrected chi connectivity index (χ4v) is 4.47. The number of carbonyl (C=O) groups excluding carboxylic acids is 1. The first-order valence-corrected chi connectivity index (χ1v) is 11.1.